The molecular formula is C21H24F3N3O6S. The highest BCUT2D eigenvalue weighted by Crippen LogP contribution is 2.35. The monoisotopic (exact) mass is 503 g/mol. The molecule has 0 aliphatic carbocycles. The third-order valence-electron chi connectivity index (χ3n) is 5.24. The second-order valence-corrected chi connectivity index (χ2v) is 9.30. The average Bonchev–Trinajstić information content (AvgIpc) is 3.11. The topological polar surface area (TPSA) is 121 Å². The van der Waals surface area contributed by atoms with E-state index in [9.17, 15) is 36.5 Å². The predicted octanol–water partition coefficient (Wildman–Crippen LogP) is 5.17. The molecule has 0 aliphatic heterocycles. The van der Waals surface area contributed by atoms with Crippen LogP contribution in [0.15, 0.2) is 23.9 Å². The number of carbonyl (C=O) groups excluding carboxylic acids is 1. The van der Waals surface area contributed by atoms with Crippen LogP contribution in [0.1, 0.15) is 67.6 Å². The van der Waals surface area contributed by atoms with E-state index in [0.29, 0.717) is 18.4 Å². The Kier molecular flexibility index (Phi) is 7.91. The van der Waals surface area contributed by atoms with Crippen molar-refractivity contribution in [1.29, 1.82) is 0 Å². The Morgan fingerprint density at radius 3 is 2.32 bits per heavy atom. The Balaban J connectivity index is 2.73. The van der Waals surface area contributed by atoms with Gasteiger partial charge in [-0.3, -0.25) is 14.9 Å². The number of carbonyl (C=O) groups is 1. The summed E-state index contributed by atoms with van der Waals surface area (Å²) in [6.07, 6.45) is 1.97. The van der Waals surface area contributed by atoms with Crippen LogP contribution in [-0.4, -0.2) is 34.4 Å². The molecule has 0 saturated heterocycles. The Bertz CT molecular complexity index is 1260. The highest BCUT2D eigenvalue weighted by Gasteiger charge is 2.49. The summed E-state index contributed by atoms with van der Waals surface area (Å²) in [5, 5.41) is 15.4. The first-order valence-corrected chi connectivity index (χ1v) is 11.6. The van der Waals surface area contributed by atoms with Gasteiger partial charge in [0.1, 0.15) is 5.56 Å². The molecule has 34 heavy (non-hydrogen) atoms. The van der Waals surface area contributed by atoms with Crippen LogP contribution in [0.3, 0.4) is 0 Å². The van der Waals surface area contributed by atoms with E-state index < -0.39 is 37.8 Å². The van der Waals surface area contributed by atoms with Gasteiger partial charge in [-0.15, -0.1) is 0 Å². The van der Waals surface area contributed by atoms with Gasteiger partial charge in [-0.25, -0.2) is 4.68 Å². The van der Waals surface area contributed by atoms with Crippen LogP contribution in [0.25, 0.3) is 5.57 Å². The Labute approximate surface area is 194 Å². The number of hydrogen-bond acceptors (Lipinski definition) is 7. The van der Waals surface area contributed by atoms with Crippen LogP contribution in [0.5, 0.6) is 5.88 Å². The lowest BCUT2D eigenvalue weighted by Crippen LogP contribution is -2.29. The third-order valence-corrected chi connectivity index (χ3v) is 6.18. The quantitative estimate of drug-likeness (QED) is 0.152. The van der Waals surface area contributed by atoms with Crippen LogP contribution < -0.4 is 4.18 Å². The van der Waals surface area contributed by atoms with Gasteiger partial charge in [0.05, 0.1) is 16.7 Å². The Morgan fingerprint density at radius 2 is 1.82 bits per heavy atom. The lowest BCUT2D eigenvalue weighted by atomic mass is 9.90. The van der Waals surface area contributed by atoms with Crippen molar-refractivity contribution in [2.75, 3.05) is 0 Å². The normalized spacial score (nSPS) is 11.9. The van der Waals surface area contributed by atoms with Crippen molar-refractivity contribution in [2.24, 2.45) is 0 Å². The first-order chi connectivity index (χ1) is 15.6. The average molecular weight is 503 g/mol. The van der Waals surface area contributed by atoms with Crippen LogP contribution in [-0.2, 0) is 16.7 Å². The molecule has 0 bridgehead atoms. The molecular weight excluding hydrogens is 479 g/mol. The zero-order valence-electron chi connectivity index (χ0n) is 19.2. The minimum Gasteiger partial charge on any atom is -0.355 e. The number of alkyl halides is 3. The number of unbranched alkanes of at least 4 members (excludes halogenated alkanes) is 1. The van der Waals surface area contributed by atoms with Gasteiger partial charge in [0.25, 0.3) is 5.69 Å². The van der Waals surface area contributed by atoms with Crippen LogP contribution in [0.4, 0.5) is 18.9 Å². The molecule has 0 radical (unpaired) electrons. The van der Waals surface area contributed by atoms with E-state index in [-0.39, 0.29) is 28.9 Å². The van der Waals surface area contributed by atoms with Gasteiger partial charge >= 0.3 is 15.6 Å². The summed E-state index contributed by atoms with van der Waals surface area (Å²) in [7, 11) is -6.08. The molecule has 0 fully saturated rings. The fourth-order valence-corrected chi connectivity index (χ4v) is 3.68. The van der Waals surface area contributed by atoms with Crippen molar-refractivity contribution >= 4 is 27.2 Å². The molecule has 1 heterocycles. The number of halogens is 3. The lowest BCUT2D eigenvalue weighted by Gasteiger charge is -2.15. The largest absolute Gasteiger partial charge is 0.534 e. The Hall–Kier alpha value is -3.22. The highest BCUT2D eigenvalue weighted by molar-refractivity contribution is 7.88. The summed E-state index contributed by atoms with van der Waals surface area (Å²) >= 11 is 0. The summed E-state index contributed by atoms with van der Waals surface area (Å²) in [6, 6.07) is 2.29. The number of nitrogens with zero attached hydrogens (tertiary/aromatic N) is 3. The number of hydrogen-bond donors (Lipinski definition) is 0. The van der Waals surface area contributed by atoms with E-state index in [4.69, 9.17) is 0 Å². The fourth-order valence-electron chi connectivity index (χ4n) is 3.20. The molecule has 0 N–H and O–H groups in total. The van der Waals surface area contributed by atoms with Gasteiger partial charge in [-0.1, -0.05) is 18.9 Å². The van der Waals surface area contributed by atoms with Crippen molar-refractivity contribution in [3.05, 3.63) is 56.3 Å². The number of allylic oxidation sites excluding steroid dienone is 2. The number of nitro benzene ring substituents is 1. The predicted molar refractivity (Wildman–Crippen MR) is 118 cm³/mol. The summed E-state index contributed by atoms with van der Waals surface area (Å²) in [4.78, 5) is 24.3. The van der Waals surface area contributed by atoms with Crippen molar-refractivity contribution in [1.82, 2.24) is 9.78 Å². The zero-order valence-corrected chi connectivity index (χ0v) is 20.0. The molecule has 2 rings (SSSR count). The smallest absolute Gasteiger partial charge is 0.355 e. The molecule has 13 heteroatoms. The molecule has 0 amide bonds. The standard InChI is InChI=1S/C21H24F3N3O6S/c1-6-7-10-26-20(33-34(31,32)21(22,23)24)16(11-25-26)19(28)15-8-9-17(27(29)30)18(14(15)5)13(4)12(2)3/h8-9,11H,6-7,10H2,1-5H3. The van der Waals surface area contributed by atoms with E-state index in [1.807, 2.05) is 0 Å². The zero-order chi connectivity index (χ0) is 26.0. The summed E-state index contributed by atoms with van der Waals surface area (Å²) in [5.74, 6) is -1.75. The summed E-state index contributed by atoms with van der Waals surface area (Å²) in [6.45, 7) is 8.39. The molecule has 186 valence electrons. The van der Waals surface area contributed by atoms with E-state index in [1.54, 1.807) is 27.7 Å². The molecule has 0 unspecified atom stereocenters. The molecule has 0 aliphatic rings. The molecule has 2 aromatic rings. The maximum absolute atomic E-state index is 13.3. The maximum atomic E-state index is 13.3. The molecule has 1 aromatic carbocycles. The van der Waals surface area contributed by atoms with Crippen molar-refractivity contribution in [2.45, 2.75) is 59.5 Å². The number of rotatable bonds is 9. The van der Waals surface area contributed by atoms with E-state index in [1.165, 1.54) is 13.0 Å². The van der Waals surface area contributed by atoms with Crippen molar-refractivity contribution in [3.8, 4) is 5.88 Å². The molecule has 0 saturated carbocycles. The minimum atomic E-state index is -6.08. The Morgan fingerprint density at radius 1 is 1.21 bits per heavy atom. The van der Waals surface area contributed by atoms with Gasteiger partial charge < -0.3 is 4.18 Å². The van der Waals surface area contributed by atoms with E-state index in [0.717, 1.165) is 22.5 Å². The van der Waals surface area contributed by atoms with Crippen molar-refractivity contribution in [3.63, 3.8) is 0 Å². The maximum Gasteiger partial charge on any atom is 0.534 e. The second kappa shape index (κ2) is 9.95. The molecule has 0 atom stereocenters. The summed E-state index contributed by atoms with van der Waals surface area (Å²) in [5.41, 5.74) is -4.83. The minimum absolute atomic E-state index is 0.00780. The van der Waals surface area contributed by atoms with Crippen LogP contribution in [0.2, 0.25) is 0 Å². The first kappa shape index (κ1) is 27.0. The highest BCUT2D eigenvalue weighted by atomic mass is 32.2. The number of benzene rings is 1. The first-order valence-electron chi connectivity index (χ1n) is 10.2. The van der Waals surface area contributed by atoms with Gasteiger partial charge in [0.15, 0.2) is 5.78 Å². The van der Waals surface area contributed by atoms with Crippen molar-refractivity contribution < 1.29 is 35.5 Å². The van der Waals surface area contributed by atoms with E-state index in [2.05, 4.69) is 9.28 Å². The van der Waals surface area contributed by atoms with Gasteiger partial charge in [-0.05, 0) is 51.3 Å². The van der Waals surface area contributed by atoms with Gasteiger partial charge in [-0.2, -0.15) is 26.7 Å². The lowest BCUT2D eigenvalue weighted by molar-refractivity contribution is -0.385. The second-order valence-electron chi connectivity index (χ2n) is 7.77. The summed E-state index contributed by atoms with van der Waals surface area (Å²) < 4.78 is 67.5. The molecule has 9 nitrogen and oxygen atoms in total. The number of aryl methyl sites for hydroxylation is 1. The van der Waals surface area contributed by atoms with Gasteiger partial charge in [0.2, 0.25) is 5.88 Å². The third kappa shape index (κ3) is 5.29. The number of ketones is 1. The van der Waals surface area contributed by atoms with Gasteiger partial charge in [0, 0.05) is 18.2 Å². The fraction of sp³-hybridized carbons (Fsp3) is 0.429. The van der Waals surface area contributed by atoms with Crippen LogP contribution in [0, 0.1) is 17.0 Å². The SMILES string of the molecule is CCCCn1ncc(C(=O)c2ccc([N+](=O)[O-])c(C(C)=C(C)C)c2C)c1OS(=O)(=O)C(F)(F)F. The van der Waals surface area contributed by atoms with Crippen LogP contribution >= 0.6 is 0 Å². The molecule has 1 aromatic heterocycles. The van der Waals surface area contributed by atoms with E-state index >= 15 is 0 Å². The number of aromatic nitrogens is 2. The number of nitro groups is 1. The molecule has 0 spiro atoms.